The maximum absolute atomic E-state index is 10.9. The highest BCUT2D eigenvalue weighted by Gasteiger charge is 2.41. The number of rotatable bonds is 4. The van der Waals surface area contributed by atoms with Crippen LogP contribution in [0.1, 0.15) is 64.1 Å². The Hall–Kier alpha value is -0.830. The van der Waals surface area contributed by atoms with Crippen molar-refractivity contribution in [3.8, 4) is 0 Å². The molecular weight excluding hydrogens is 236 g/mol. The van der Waals surface area contributed by atoms with E-state index in [1.807, 2.05) is 10.9 Å². The van der Waals surface area contributed by atoms with Crippen molar-refractivity contribution in [1.82, 2.24) is 9.78 Å². The van der Waals surface area contributed by atoms with Gasteiger partial charge < -0.3 is 5.11 Å². The third kappa shape index (κ3) is 3.02. The van der Waals surface area contributed by atoms with Crippen LogP contribution < -0.4 is 0 Å². The van der Waals surface area contributed by atoms with E-state index in [0.29, 0.717) is 6.04 Å². The Bertz CT molecular complexity index is 436. The Kier molecular flexibility index (Phi) is 3.42. The second-order valence-corrected chi connectivity index (χ2v) is 6.98. The van der Waals surface area contributed by atoms with E-state index in [9.17, 15) is 5.11 Å². The second-order valence-electron chi connectivity index (χ2n) is 6.98. The fraction of sp³-hybridized carbons (Fsp3) is 0.812. The van der Waals surface area contributed by atoms with Crippen LogP contribution in [0.25, 0.3) is 0 Å². The molecule has 1 N–H and O–H groups in total. The van der Waals surface area contributed by atoms with Crippen LogP contribution in [0.15, 0.2) is 12.3 Å². The van der Waals surface area contributed by atoms with Gasteiger partial charge in [0.1, 0.15) is 0 Å². The van der Waals surface area contributed by atoms with Crippen molar-refractivity contribution < 1.29 is 5.11 Å². The number of hydrogen-bond acceptors (Lipinski definition) is 2. The zero-order chi connectivity index (χ0) is 13.5. The van der Waals surface area contributed by atoms with Crippen LogP contribution in [0, 0.1) is 11.8 Å². The highest BCUT2D eigenvalue weighted by atomic mass is 16.3. The predicted molar refractivity (Wildman–Crippen MR) is 75.9 cm³/mol. The lowest BCUT2D eigenvalue weighted by Crippen LogP contribution is -2.38. The standard InChI is InChI=1S/C16H26N2O/c1-12(2)18-9-7-15(17-18)11-16(19)8-3-4-14(10-16)13-5-6-13/h7,9,12-14,19H,3-6,8,10-11H2,1-2H3. The molecule has 106 valence electrons. The van der Waals surface area contributed by atoms with E-state index in [4.69, 9.17) is 0 Å². The largest absolute Gasteiger partial charge is 0.389 e. The molecule has 1 aromatic rings. The van der Waals surface area contributed by atoms with E-state index in [1.165, 1.54) is 25.7 Å². The summed E-state index contributed by atoms with van der Waals surface area (Å²) in [5.74, 6) is 1.69. The molecule has 0 radical (unpaired) electrons. The van der Waals surface area contributed by atoms with Gasteiger partial charge >= 0.3 is 0 Å². The van der Waals surface area contributed by atoms with Gasteiger partial charge in [-0.25, -0.2) is 0 Å². The maximum Gasteiger partial charge on any atom is 0.0706 e. The van der Waals surface area contributed by atoms with Crippen LogP contribution in [0.4, 0.5) is 0 Å². The smallest absolute Gasteiger partial charge is 0.0706 e. The molecule has 0 amide bonds. The summed E-state index contributed by atoms with van der Waals surface area (Å²) in [6.45, 7) is 4.27. The molecule has 2 saturated carbocycles. The number of aromatic nitrogens is 2. The third-order valence-electron chi connectivity index (χ3n) is 4.85. The molecule has 2 fully saturated rings. The molecule has 2 aliphatic rings. The fourth-order valence-electron chi connectivity index (χ4n) is 3.61. The van der Waals surface area contributed by atoms with Crippen molar-refractivity contribution in [2.75, 3.05) is 0 Å². The van der Waals surface area contributed by atoms with Crippen LogP contribution in [0.5, 0.6) is 0 Å². The molecule has 3 nitrogen and oxygen atoms in total. The Morgan fingerprint density at radius 1 is 1.37 bits per heavy atom. The molecule has 3 rings (SSSR count). The number of hydrogen-bond donors (Lipinski definition) is 1. The summed E-state index contributed by atoms with van der Waals surface area (Å²) in [6.07, 6.45) is 10.00. The lowest BCUT2D eigenvalue weighted by atomic mass is 9.74. The molecule has 2 aliphatic carbocycles. The van der Waals surface area contributed by atoms with Crippen LogP contribution >= 0.6 is 0 Å². The molecular formula is C16H26N2O. The molecule has 0 spiro atoms. The van der Waals surface area contributed by atoms with E-state index in [-0.39, 0.29) is 0 Å². The molecule has 19 heavy (non-hydrogen) atoms. The summed E-state index contributed by atoms with van der Waals surface area (Å²) in [5, 5.41) is 15.5. The van der Waals surface area contributed by atoms with Gasteiger partial charge in [0.2, 0.25) is 0 Å². The first kappa shape index (κ1) is 13.2. The lowest BCUT2D eigenvalue weighted by Gasteiger charge is -2.36. The van der Waals surface area contributed by atoms with Crippen LogP contribution in [0.3, 0.4) is 0 Å². The first-order valence-corrected chi connectivity index (χ1v) is 7.82. The maximum atomic E-state index is 10.9. The molecule has 2 atom stereocenters. The second kappa shape index (κ2) is 4.93. The van der Waals surface area contributed by atoms with Crippen molar-refractivity contribution in [1.29, 1.82) is 0 Å². The van der Waals surface area contributed by atoms with Crippen molar-refractivity contribution in [3.05, 3.63) is 18.0 Å². The van der Waals surface area contributed by atoms with Gasteiger partial charge in [-0.2, -0.15) is 5.10 Å². The molecule has 0 aromatic carbocycles. The molecule has 3 heteroatoms. The normalized spacial score (nSPS) is 31.9. The molecule has 0 aliphatic heterocycles. The van der Waals surface area contributed by atoms with Crippen molar-refractivity contribution in [2.45, 2.75) is 70.4 Å². The van der Waals surface area contributed by atoms with Crippen LogP contribution in [0.2, 0.25) is 0 Å². The minimum absolute atomic E-state index is 0.397. The van der Waals surface area contributed by atoms with Gasteiger partial charge in [0.25, 0.3) is 0 Å². The number of aliphatic hydroxyl groups is 1. The van der Waals surface area contributed by atoms with E-state index < -0.39 is 5.60 Å². The topological polar surface area (TPSA) is 38.0 Å². The van der Waals surface area contributed by atoms with E-state index in [2.05, 4.69) is 25.0 Å². The Morgan fingerprint density at radius 3 is 2.79 bits per heavy atom. The van der Waals surface area contributed by atoms with Gasteiger partial charge in [0, 0.05) is 18.7 Å². The average molecular weight is 262 g/mol. The van der Waals surface area contributed by atoms with Crippen molar-refractivity contribution in [3.63, 3.8) is 0 Å². The Balaban J connectivity index is 1.66. The monoisotopic (exact) mass is 262 g/mol. The van der Waals surface area contributed by atoms with Gasteiger partial charge in [-0.3, -0.25) is 4.68 Å². The summed E-state index contributed by atoms with van der Waals surface area (Å²) in [7, 11) is 0. The minimum atomic E-state index is -0.498. The molecule has 2 unspecified atom stereocenters. The Morgan fingerprint density at radius 2 is 2.16 bits per heavy atom. The van der Waals surface area contributed by atoms with E-state index in [0.717, 1.165) is 36.8 Å². The summed E-state index contributed by atoms with van der Waals surface area (Å²) in [6, 6.07) is 2.47. The summed E-state index contributed by atoms with van der Waals surface area (Å²) in [5.41, 5.74) is 0.550. The third-order valence-corrected chi connectivity index (χ3v) is 4.85. The lowest BCUT2D eigenvalue weighted by molar-refractivity contribution is -0.0204. The molecule has 0 saturated heterocycles. The van der Waals surface area contributed by atoms with Gasteiger partial charge in [0.15, 0.2) is 0 Å². The van der Waals surface area contributed by atoms with Gasteiger partial charge in [-0.1, -0.05) is 6.42 Å². The SMILES string of the molecule is CC(C)n1ccc(CC2(O)CCCC(C3CC3)C2)n1. The highest BCUT2D eigenvalue weighted by Crippen LogP contribution is 2.47. The van der Waals surface area contributed by atoms with Gasteiger partial charge in [-0.15, -0.1) is 0 Å². The summed E-state index contributed by atoms with van der Waals surface area (Å²) in [4.78, 5) is 0. The van der Waals surface area contributed by atoms with Gasteiger partial charge in [-0.05, 0) is 63.9 Å². The summed E-state index contributed by atoms with van der Waals surface area (Å²) >= 11 is 0. The minimum Gasteiger partial charge on any atom is -0.389 e. The number of nitrogens with zero attached hydrogens (tertiary/aromatic N) is 2. The predicted octanol–water partition coefficient (Wildman–Crippen LogP) is 3.34. The molecule has 0 bridgehead atoms. The van der Waals surface area contributed by atoms with Gasteiger partial charge in [0.05, 0.1) is 11.3 Å². The zero-order valence-corrected chi connectivity index (χ0v) is 12.2. The van der Waals surface area contributed by atoms with Crippen molar-refractivity contribution in [2.24, 2.45) is 11.8 Å². The van der Waals surface area contributed by atoms with Crippen LogP contribution in [-0.2, 0) is 6.42 Å². The summed E-state index contributed by atoms with van der Waals surface area (Å²) < 4.78 is 1.99. The zero-order valence-electron chi connectivity index (χ0n) is 12.2. The molecule has 1 aromatic heterocycles. The first-order valence-electron chi connectivity index (χ1n) is 7.82. The quantitative estimate of drug-likeness (QED) is 0.903. The van der Waals surface area contributed by atoms with E-state index >= 15 is 0 Å². The Labute approximate surface area is 116 Å². The van der Waals surface area contributed by atoms with Crippen LogP contribution in [-0.4, -0.2) is 20.5 Å². The molecule has 1 heterocycles. The highest BCUT2D eigenvalue weighted by molar-refractivity contribution is 5.06. The average Bonchev–Trinajstić information content (AvgIpc) is 3.10. The van der Waals surface area contributed by atoms with Crippen molar-refractivity contribution >= 4 is 0 Å². The van der Waals surface area contributed by atoms with E-state index in [1.54, 1.807) is 0 Å². The first-order chi connectivity index (χ1) is 9.06. The fourth-order valence-corrected chi connectivity index (χ4v) is 3.61.